The lowest BCUT2D eigenvalue weighted by molar-refractivity contribution is 0.0590. The van der Waals surface area contributed by atoms with Crippen LogP contribution in [0, 0.1) is 6.92 Å². The highest BCUT2D eigenvalue weighted by atomic mass is 16.5. The number of aromatic nitrogens is 3. The highest BCUT2D eigenvalue weighted by Crippen LogP contribution is 2.21. The van der Waals surface area contributed by atoms with E-state index in [0.29, 0.717) is 24.8 Å². The maximum absolute atomic E-state index is 12.8. The molecule has 1 aromatic carbocycles. The lowest BCUT2D eigenvalue weighted by Crippen LogP contribution is -2.42. The second-order valence-corrected chi connectivity index (χ2v) is 7.49. The van der Waals surface area contributed by atoms with E-state index in [1.165, 1.54) is 5.56 Å². The summed E-state index contributed by atoms with van der Waals surface area (Å²) >= 11 is 0. The molecule has 7 nitrogen and oxygen atoms in total. The second-order valence-electron chi connectivity index (χ2n) is 7.49. The number of nitrogens with zero attached hydrogens (tertiary/aromatic N) is 4. The molecule has 4 rings (SSSR count). The van der Waals surface area contributed by atoms with Gasteiger partial charge in [-0.2, -0.15) is 0 Å². The number of carbonyl (C=O) groups excluding carboxylic acids is 1. The average Bonchev–Trinajstić information content (AvgIpc) is 3.21. The zero-order valence-electron chi connectivity index (χ0n) is 15.8. The van der Waals surface area contributed by atoms with Crippen molar-refractivity contribution in [2.75, 3.05) is 26.2 Å². The molecule has 0 bridgehead atoms. The Bertz CT molecular complexity index is 759. The molecule has 0 spiro atoms. The summed E-state index contributed by atoms with van der Waals surface area (Å²) in [5, 5.41) is 11.7. The van der Waals surface area contributed by atoms with E-state index in [1.54, 1.807) is 0 Å². The van der Waals surface area contributed by atoms with Gasteiger partial charge in [0.05, 0.1) is 12.2 Å². The molecule has 0 radical (unpaired) electrons. The Morgan fingerprint density at radius 1 is 1.11 bits per heavy atom. The summed E-state index contributed by atoms with van der Waals surface area (Å²) in [6, 6.07) is 8.46. The predicted molar refractivity (Wildman–Crippen MR) is 102 cm³/mol. The van der Waals surface area contributed by atoms with Crippen LogP contribution in [0.5, 0.6) is 5.75 Å². The molecule has 3 heterocycles. The molecule has 0 unspecified atom stereocenters. The van der Waals surface area contributed by atoms with Crippen LogP contribution in [0.15, 0.2) is 30.5 Å². The van der Waals surface area contributed by atoms with Crippen molar-refractivity contribution in [1.82, 2.24) is 25.2 Å². The lowest BCUT2D eigenvalue weighted by atomic mass is 10.1. The maximum atomic E-state index is 12.8. The van der Waals surface area contributed by atoms with Gasteiger partial charge in [-0.3, -0.25) is 4.79 Å². The van der Waals surface area contributed by atoms with Crippen LogP contribution in [0.3, 0.4) is 0 Å². The minimum absolute atomic E-state index is 0.0241. The quantitative estimate of drug-likeness (QED) is 0.894. The van der Waals surface area contributed by atoms with Crippen LogP contribution in [0.4, 0.5) is 0 Å². The monoisotopic (exact) mass is 369 g/mol. The number of hydrogen-bond acceptors (Lipinski definition) is 5. The van der Waals surface area contributed by atoms with E-state index in [-0.39, 0.29) is 12.0 Å². The van der Waals surface area contributed by atoms with E-state index in [4.69, 9.17) is 4.74 Å². The SMILES string of the molecule is Cc1ccc(OC2CCN(C(=O)c3cn(C4CCNCC4)nn3)CC2)cc1. The third-order valence-electron chi connectivity index (χ3n) is 5.47. The average molecular weight is 369 g/mol. The second kappa shape index (κ2) is 8.08. The fraction of sp³-hybridized carbons (Fsp3) is 0.550. The van der Waals surface area contributed by atoms with Gasteiger partial charge < -0.3 is 15.0 Å². The van der Waals surface area contributed by atoms with Crippen LogP contribution < -0.4 is 10.1 Å². The van der Waals surface area contributed by atoms with Crippen molar-refractivity contribution in [3.63, 3.8) is 0 Å². The zero-order valence-corrected chi connectivity index (χ0v) is 15.8. The fourth-order valence-electron chi connectivity index (χ4n) is 3.77. The summed E-state index contributed by atoms with van der Waals surface area (Å²) in [6.07, 6.45) is 5.69. The predicted octanol–water partition coefficient (Wildman–Crippen LogP) is 2.19. The Morgan fingerprint density at radius 2 is 1.81 bits per heavy atom. The molecule has 2 saturated heterocycles. The van der Waals surface area contributed by atoms with E-state index >= 15 is 0 Å². The number of hydrogen-bond donors (Lipinski definition) is 1. The molecule has 144 valence electrons. The number of amides is 1. The zero-order chi connectivity index (χ0) is 18.6. The number of likely N-dealkylation sites (tertiary alicyclic amines) is 1. The number of nitrogens with one attached hydrogen (secondary N) is 1. The van der Waals surface area contributed by atoms with Gasteiger partial charge in [0.1, 0.15) is 11.9 Å². The van der Waals surface area contributed by atoms with Gasteiger partial charge in [0.15, 0.2) is 5.69 Å². The Labute approximate surface area is 159 Å². The first-order valence-electron chi connectivity index (χ1n) is 9.84. The Balaban J connectivity index is 1.30. The molecule has 1 amide bonds. The number of aryl methyl sites for hydroxylation is 1. The molecule has 27 heavy (non-hydrogen) atoms. The highest BCUT2D eigenvalue weighted by Gasteiger charge is 2.27. The third-order valence-corrected chi connectivity index (χ3v) is 5.47. The van der Waals surface area contributed by atoms with E-state index in [9.17, 15) is 4.79 Å². The normalized spacial score (nSPS) is 19.2. The van der Waals surface area contributed by atoms with Crippen molar-refractivity contribution in [2.45, 2.75) is 44.8 Å². The van der Waals surface area contributed by atoms with Crippen LogP contribution >= 0.6 is 0 Å². The maximum Gasteiger partial charge on any atom is 0.276 e. The van der Waals surface area contributed by atoms with Crippen molar-refractivity contribution in [3.05, 3.63) is 41.7 Å². The van der Waals surface area contributed by atoms with E-state index in [2.05, 4.69) is 34.7 Å². The van der Waals surface area contributed by atoms with Gasteiger partial charge >= 0.3 is 0 Å². The first-order valence-corrected chi connectivity index (χ1v) is 9.84. The smallest absolute Gasteiger partial charge is 0.276 e. The molecular formula is C20H27N5O2. The summed E-state index contributed by atoms with van der Waals surface area (Å²) < 4.78 is 7.91. The first-order chi connectivity index (χ1) is 13.2. The van der Waals surface area contributed by atoms with Gasteiger partial charge in [-0.05, 0) is 45.0 Å². The van der Waals surface area contributed by atoms with E-state index in [1.807, 2.05) is 27.9 Å². The Hall–Kier alpha value is -2.41. The van der Waals surface area contributed by atoms with Crippen molar-refractivity contribution in [2.24, 2.45) is 0 Å². The molecule has 0 saturated carbocycles. The number of benzene rings is 1. The van der Waals surface area contributed by atoms with Crippen molar-refractivity contribution in [3.8, 4) is 5.75 Å². The summed E-state index contributed by atoms with van der Waals surface area (Å²) in [4.78, 5) is 14.6. The first kappa shape index (κ1) is 18.0. The Morgan fingerprint density at radius 3 is 2.52 bits per heavy atom. The molecule has 7 heteroatoms. The van der Waals surface area contributed by atoms with Crippen LogP contribution in [-0.2, 0) is 0 Å². The highest BCUT2D eigenvalue weighted by molar-refractivity contribution is 5.92. The summed E-state index contributed by atoms with van der Waals surface area (Å²) in [7, 11) is 0. The third kappa shape index (κ3) is 4.30. The van der Waals surface area contributed by atoms with Crippen molar-refractivity contribution in [1.29, 1.82) is 0 Å². The molecule has 1 N–H and O–H groups in total. The minimum Gasteiger partial charge on any atom is -0.490 e. The molecule has 0 atom stereocenters. The number of ether oxygens (including phenoxy) is 1. The number of rotatable bonds is 4. The topological polar surface area (TPSA) is 72.3 Å². The van der Waals surface area contributed by atoms with Gasteiger partial charge in [-0.1, -0.05) is 22.9 Å². The fourth-order valence-corrected chi connectivity index (χ4v) is 3.77. The van der Waals surface area contributed by atoms with Crippen molar-refractivity contribution < 1.29 is 9.53 Å². The molecule has 2 aromatic rings. The molecule has 2 fully saturated rings. The van der Waals surface area contributed by atoms with Gasteiger partial charge in [0.25, 0.3) is 5.91 Å². The summed E-state index contributed by atoms with van der Waals surface area (Å²) in [6.45, 7) is 5.42. The molecule has 1 aromatic heterocycles. The van der Waals surface area contributed by atoms with Crippen LogP contribution in [-0.4, -0.2) is 58.1 Å². The minimum atomic E-state index is -0.0241. The number of carbonyl (C=O) groups is 1. The Kier molecular flexibility index (Phi) is 5.38. The molecule has 0 aliphatic carbocycles. The summed E-state index contributed by atoms with van der Waals surface area (Å²) in [5.41, 5.74) is 1.67. The number of piperidine rings is 2. The molecule has 2 aliphatic heterocycles. The molecular weight excluding hydrogens is 342 g/mol. The van der Waals surface area contributed by atoms with Gasteiger partial charge in [0.2, 0.25) is 0 Å². The largest absolute Gasteiger partial charge is 0.490 e. The van der Waals surface area contributed by atoms with Gasteiger partial charge in [-0.25, -0.2) is 4.68 Å². The molecule has 2 aliphatic rings. The van der Waals surface area contributed by atoms with Gasteiger partial charge in [0, 0.05) is 25.9 Å². The van der Waals surface area contributed by atoms with Crippen LogP contribution in [0.25, 0.3) is 0 Å². The van der Waals surface area contributed by atoms with Crippen LogP contribution in [0.2, 0.25) is 0 Å². The van der Waals surface area contributed by atoms with Crippen molar-refractivity contribution >= 4 is 5.91 Å². The van der Waals surface area contributed by atoms with Gasteiger partial charge in [-0.15, -0.1) is 5.10 Å². The summed E-state index contributed by atoms with van der Waals surface area (Å²) in [5.74, 6) is 0.874. The standard InChI is InChI=1S/C20H27N5O2/c1-15-2-4-17(5-3-15)27-18-8-12-24(13-9-18)20(26)19-14-25(23-22-19)16-6-10-21-11-7-16/h2-5,14,16,18,21H,6-13H2,1H3. The lowest BCUT2D eigenvalue weighted by Gasteiger charge is -2.31. The van der Waals surface area contributed by atoms with Crippen LogP contribution in [0.1, 0.15) is 47.8 Å². The van der Waals surface area contributed by atoms with E-state index in [0.717, 1.165) is 44.5 Å². The van der Waals surface area contributed by atoms with E-state index < -0.39 is 0 Å².